The molecule has 0 aliphatic carbocycles. The second kappa shape index (κ2) is 9.70. The zero-order valence-corrected chi connectivity index (χ0v) is 21.1. The van der Waals surface area contributed by atoms with Gasteiger partial charge in [0.25, 0.3) is 0 Å². The number of hydrogen-bond acceptors (Lipinski definition) is 7. The van der Waals surface area contributed by atoms with Gasteiger partial charge in [0.1, 0.15) is 23.6 Å². The van der Waals surface area contributed by atoms with E-state index in [0.29, 0.717) is 48.8 Å². The van der Waals surface area contributed by atoms with Crippen LogP contribution in [0.3, 0.4) is 0 Å². The number of H-pyrrole nitrogens is 1. The lowest BCUT2D eigenvalue weighted by molar-refractivity contribution is 0.0966. The van der Waals surface area contributed by atoms with Gasteiger partial charge in [-0.2, -0.15) is 5.10 Å². The van der Waals surface area contributed by atoms with Gasteiger partial charge in [-0.3, -0.25) is 0 Å². The van der Waals surface area contributed by atoms with Crippen LogP contribution in [0.15, 0.2) is 48.8 Å². The van der Waals surface area contributed by atoms with Crippen molar-refractivity contribution in [3.05, 3.63) is 65.5 Å². The molecule has 0 radical (unpaired) electrons. The van der Waals surface area contributed by atoms with E-state index in [9.17, 15) is 9.90 Å². The molecule has 38 heavy (non-hydrogen) atoms. The van der Waals surface area contributed by atoms with Crippen molar-refractivity contribution < 1.29 is 14.6 Å². The number of rotatable bonds is 6. The minimum absolute atomic E-state index is 0.199. The maximum Gasteiger partial charge on any atom is 0.410 e. The van der Waals surface area contributed by atoms with Crippen LogP contribution >= 0.6 is 0 Å². The van der Waals surface area contributed by atoms with Crippen LogP contribution < -0.4 is 5.73 Å². The molecule has 6 rings (SSSR count). The average Bonchev–Trinajstić information content (AvgIpc) is 3.50. The molecule has 10 nitrogen and oxygen atoms in total. The maximum atomic E-state index is 12.4. The Kier molecular flexibility index (Phi) is 6.07. The number of phenols is 1. The lowest BCUT2D eigenvalue weighted by Crippen LogP contribution is -2.36. The van der Waals surface area contributed by atoms with Crippen LogP contribution in [0.1, 0.15) is 36.5 Å². The Bertz CT molecular complexity index is 1660. The minimum Gasteiger partial charge on any atom is -0.508 e. The van der Waals surface area contributed by atoms with Crippen molar-refractivity contribution >= 4 is 33.8 Å². The number of nitrogens with two attached hydrogens (primary N) is 1. The van der Waals surface area contributed by atoms with Crippen molar-refractivity contribution in [1.29, 1.82) is 0 Å². The number of amides is 1. The molecule has 10 heteroatoms. The first-order chi connectivity index (χ1) is 18.5. The molecule has 2 aromatic carbocycles. The molecule has 194 valence electrons. The largest absolute Gasteiger partial charge is 0.508 e. The van der Waals surface area contributed by atoms with E-state index in [1.54, 1.807) is 17.0 Å². The first-order valence-corrected chi connectivity index (χ1v) is 12.8. The zero-order chi connectivity index (χ0) is 26.2. The van der Waals surface area contributed by atoms with Crippen molar-refractivity contribution in [3.8, 4) is 17.1 Å². The molecule has 0 fully saturated rings. The van der Waals surface area contributed by atoms with Crippen molar-refractivity contribution in [3.63, 3.8) is 0 Å². The number of nitrogens with zero attached hydrogens (tertiary/aromatic N) is 5. The van der Waals surface area contributed by atoms with E-state index < -0.39 is 0 Å². The molecule has 0 bridgehead atoms. The van der Waals surface area contributed by atoms with E-state index in [1.807, 2.05) is 16.8 Å². The molecule has 0 saturated carbocycles. The normalized spacial score (nSPS) is 13.2. The number of ether oxygens (including phenoxy) is 1. The molecule has 1 aliphatic heterocycles. The molecule has 4 N–H and O–H groups in total. The molecular weight excluding hydrogens is 482 g/mol. The first kappa shape index (κ1) is 23.8. The third-order valence-electron chi connectivity index (χ3n) is 7.01. The fraction of sp³-hybridized carbons (Fsp3) is 0.286. The highest BCUT2D eigenvalue weighted by molar-refractivity contribution is 6.00. The number of aromatic nitrogens is 5. The molecule has 0 spiro atoms. The summed E-state index contributed by atoms with van der Waals surface area (Å²) in [6.07, 6.45) is 3.85. The molecule has 1 aliphatic rings. The highest BCUT2D eigenvalue weighted by Crippen LogP contribution is 2.33. The van der Waals surface area contributed by atoms with Crippen molar-refractivity contribution in [1.82, 2.24) is 29.6 Å². The summed E-state index contributed by atoms with van der Waals surface area (Å²) in [4.78, 5) is 26.2. The van der Waals surface area contributed by atoms with Crippen LogP contribution in [-0.4, -0.2) is 54.0 Å². The number of fused-ring (bicyclic) bond motifs is 3. The van der Waals surface area contributed by atoms with E-state index in [4.69, 9.17) is 15.6 Å². The topological polar surface area (TPSA) is 135 Å². The molecule has 4 heterocycles. The summed E-state index contributed by atoms with van der Waals surface area (Å²) in [5.41, 5.74) is 12.7. The number of carbonyl (C=O) groups excluding carboxylic acids is 1. The number of nitrogen functional groups attached to an aromatic ring is 1. The van der Waals surface area contributed by atoms with Crippen LogP contribution in [0.4, 0.5) is 10.6 Å². The summed E-state index contributed by atoms with van der Waals surface area (Å²) >= 11 is 0. The van der Waals surface area contributed by atoms with E-state index >= 15 is 0 Å². The second-order valence-corrected chi connectivity index (χ2v) is 9.66. The second-order valence-electron chi connectivity index (χ2n) is 9.66. The van der Waals surface area contributed by atoms with Crippen molar-refractivity contribution in [2.75, 3.05) is 18.9 Å². The quantitative estimate of drug-likeness (QED) is 0.283. The van der Waals surface area contributed by atoms with Crippen molar-refractivity contribution in [2.45, 2.75) is 39.3 Å². The number of aromatic hydroxyl groups is 1. The summed E-state index contributed by atoms with van der Waals surface area (Å²) in [6.45, 7) is 4.23. The predicted octanol–water partition coefficient (Wildman–Crippen LogP) is 4.61. The Morgan fingerprint density at radius 1 is 1.16 bits per heavy atom. The Balaban J connectivity index is 1.28. The fourth-order valence-electron chi connectivity index (χ4n) is 5.01. The summed E-state index contributed by atoms with van der Waals surface area (Å²) < 4.78 is 7.23. The number of carbonyl (C=O) groups is 1. The Hall–Kier alpha value is -4.60. The van der Waals surface area contributed by atoms with Gasteiger partial charge < -0.3 is 25.5 Å². The number of hydrogen-bond donors (Lipinski definition) is 3. The third kappa shape index (κ3) is 4.38. The van der Waals surface area contributed by atoms with E-state index in [-0.39, 0.29) is 11.8 Å². The smallest absolute Gasteiger partial charge is 0.410 e. The molecule has 0 atom stereocenters. The molecule has 5 aromatic rings. The van der Waals surface area contributed by atoms with E-state index in [0.717, 1.165) is 47.0 Å². The Morgan fingerprint density at radius 3 is 2.92 bits per heavy atom. The van der Waals surface area contributed by atoms with Gasteiger partial charge in [-0.05, 0) is 53.8 Å². The van der Waals surface area contributed by atoms with Gasteiger partial charge in [0.15, 0.2) is 5.65 Å². The highest BCUT2D eigenvalue weighted by atomic mass is 16.6. The predicted molar refractivity (Wildman–Crippen MR) is 145 cm³/mol. The maximum absolute atomic E-state index is 12.4. The summed E-state index contributed by atoms with van der Waals surface area (Å²) in [6, 6.07) is 13.4. The fourth-order valence-corrected chi connectivity index (χ4v) is 5.01. The van der Waals surface area contributed by atoms with Gasteiger partial charge in [-0.25, -0.2) is 19.4 Å². The molecular formula is C28H29N7O3. The number of phenolic OH excluding ortho intramolecular Hbond substituents is 1. The van der Waals surface area contributed by atoms with Gasteiger partial charge in [0.05, 0.1) is 24.2 Å². The Labute approximate surface area is 219 Å². The lowest BCUT2D eigenvalue weighted by Gasteiger charge is -2.28. The third-order valence-corrected chi connectivity index (χ3v) is 7.01. The highest BCUT2D eigenvalue weighted by Gasteiger charge is 2.23. The average molecular weight is 512 g/mol. The van der Waals surface area contributed by atoms with Gasteiger partial charge in [-0.15, -0.1) is 0 Å². The summed E-state index contributed by atoms with van der Waals surface area (Å²) in [7, 11) is 0. The summed E-state index contributed by atoms with van der Waals surface area (Å²) in [5, 5.41) is 16.3. The molecule has 0 unspecified atom stereocenters. The van der Waals surface area contributed by atoms with Gasteiger partial charge in [0, 0.05) is 24.0 Å². The van der Waals surface area contributed by atoms with Crippen molar-refractivity contribution in [2.24, 2.45) is 0 Å². The molecule has 0 saturated heterocycles. The monoisotopic (exact) mass is 511 g/mol. The number of benzene rings is 2. The van der Waals surface area contributed by atoms with Gasteiger partial charge >= 0.3 is 6.09 Å². The standard InChI is InChI=1S/C28H29N7O3/c1-2-3-10-38-28(37)34-9-8-18-11-17(4-5-19(18)15-34)14-35-27-24(26(29)30-16-31-27)25(33-35)23-13-20-12-21(36)6-7-22(20)32-23/h4-7,11-13,16,32,36H,2-3,8-10,14-15H2,1H3,(H2,29,30,31). The van der Waals surface area contributed by atoms with Gasteiger partial charge in [0.2, 0.25) is 0 Å². The Morgan fingerprint density at radius 2 is 2.05 bits per heavy atom. The number of aromatic amines is 1. The van der Waals surface area contributed by atoms with Gasteiger partial charge in [-0.1, -0.05) is 31.5 Å². The van der Waals surface area contributed by atoms with E-state index in [2.05, 4.69) is 40.1 Å². The number of unbranched alkanes of at least 4 members (excludes halogenated alkanes) is 1. The number of nitrogens with one attached hydrogen (secondary N) is 1. The van der Waals surface area contributed by atoms with Crippen LogP contribution in [-0.2, 0) is 24.2 Å². The van der Waals surface area contributed by atoms with Crippen LogP contribution in [0.25, 0.3) is 33.3 Å². The van der Waals surface area contributed by atoms with Crippen LogP contribution in [0.2, 0.25) is 0 Å². The van der Waals surface area contributed by atoms with Crippen LogP contribution in [0.5, 0.6) is 5.75 Å². The number of anilines is 1. The SMILES string of the molecule is CCCCOC(=O)N1CCc2cc(Cn3nc(-c4cc5cc(O)ccc5[nH]4)c4c(N)ncnc43)ccc2C1. The van der Waals surface area contributed by atoms with E-state index in [1.165, 1.54) is 11.9 Å². The molecule has 3 aromatic heterocycles. The lowest BCUT2D eigenvalue weighted by atomic mass is 9.97. The summed E-state index contributed by atoms with van der Waals surface area (Å²) in [5.74, 6) is 0.555. The first-order valence-electron chi connectivity index (χ1n) is 12.8. The molecule has 1 amide bonds. The zero-order valence-electron chi connectivity index (χ0n) is 21.1. The minimum atomic E-state index is -0.242. The van der Waals surface area contributed by atoms with Crippen LogP contribution in [0, 0.1) is 0 Å².